The summed E-state index contributed by atoms with van der Waals surface area (Å²) in [6, 6.07) is 4.17. The number of aryl methyl sites for hydroxylation is 1. The molecule has 2 N–H and O–H groups in total. The van der Waals surface area contributed by atoms with Crippen molar-refractivity contribution in [1.82, 2.24) is 9.97 Å². The minimum Gasteiger partial charge on any atom is -0.361 e. The van der Waals surface area contributed by atoms with E-state index >= 15 is 0 Å². The predicted octanol–water partition coefficient (Wildman–Crippen LogP) is 2.84. The van der Waals surface area contributed by atoms with Gasteiger partial charge >= 0.3 is 5.69 Å². The van der Waals surface area contributed by atoms with E-state index in [1.807, 2.05) is 6.92 Å². The third-order valence-electron chi connectivity index (χ3n) is 2.88. The number of nitro groups is 1. The lowest BCUT2D eigenvalue weighted by atomic mass is 10.2. The Morgan fingerprint density at radius 1 is 1.48 bits per heavy atom. The molecule has 112 valence electrons. The van der Waals surface area contributed by atoms with Gasteiger partial charge in [-0.2, -0.15) is 4.98 Å². The Hall–Kier alpha value is -2.22. The summed E-state index contributed by atoms with van der Waals surface area (Å²) in [7, 11) is 1.67. The first-order valence-corrected chi connectivity index (χ1v) is 7.32. The largest absolute Gasteiger partial charge is 0.361 e. The SMILES string of the molecule is CNc1ncc([N+](=O)[O-])c(NC(C)Cc2ccc(C)s2)n1. The highest BCUT2D eigenvalue weighted by atomic mass is 32.1. The van der Waals surface area contributed by atoms with Gasteiger partial charge in [0.05, 0.1) is 4.92 Å². The molecular formula is C13H17N5O2S. The van der Waals surface area contributed by atoms with Crippen LogP contribution in [0.4, 0.5) is 17.5 Å². The van der Waals surface area contributed by atoms with Gasteiger partial charge in [-0.1, -0.05) is 0 Å². The van der Waals surface area contributed by atoms with Gasteiger partial charge < -0.3 is 10.6 Å². The molecule has 0 aliphatic rings. The van der Waals surface area contributed by atoms with Crippen molar-refractivity contribution >= 4 is 28.8 Å². The van der Waals surface area contributed by atoms with E-state index in [4.69, 9.17) is 0 Å². The maximum absolute atomic E-state index is 11.0. The summed E-state index contributed by atoms with van der Waals surface area (Å²) >= 11 is 1.73. The van der Waals surface area contributed by atoms with Crippen molar-refractivity contribution in [3.63, 3.8) is 0 Å². The third kappa shape index (κ3) is 3.88. The first-order valence-electron chi connectivity index (χ1n) is 6.50. The Balaban J connectivity index is 2.15. The first kappa shape index (κ1) is 15.2. The van der Waals surface area contributed by atoms with Crippen LogP contribution in [0.25, 0.3) is 0 Å². The maximum atomic E-state index is 11.0. The topological polar surface area (TPSA) is 93.0 Å². The second-order valence-electron chi connectivity index (χ2n) is 4.70. The normalized spacial score (nSPS) is 12.0. The van der Waals surface area contributed by atoms with Crippen LogP contribution in [0.5, 0.6) is 0 Å². The molecule has 0 bridgehead atoms. The fourth-order valence-corrected chi connectivity index (χ4v) is 2.94. The third-order valence-corrected chi connectivity index (χ3v) is 3.90. The van der Waals surface area contributed by atoms with Crippen molar-refractivity contribution in [1.29, 1.82) is 0 Å². The molecule has 0 fully saturated rings. The van der Waals surface area contributed by atoms with E-state index in [0.29, 0.717) is 5.95 Å². The summed E-state index contributed by atoms with van der Waals surface area (Å²) in [5.41, 5.74) is -0.122. The van der Waals surface area contributed by atoms with Crippen LogP contribution >= 0.6 is 11.3 Å². The van der Waals surface area contributed by atoms with Gasteiger partial charge in [0.25, 0.3) is 0 Å². The number of thiophene rings is 1. The van der Waals surface area contributed by atoms with Gasteiger partial charge in [-0.3, -0.25) is 10.1 Å². The number of aromatic nitrogens is 2. The van der Waals surface area contributed by atoms with Crippen LogP contribution in [0, 0.1) is 17.0 Å². The van der Waals surface area contributed by atoms with Gasteiger partial charge in [-0.05, 0) is 26.0 Å². The summed E-state index contributed by atoms with van der Waals surface area (Å²) in [5, 5.41) is 16.9. The number of hydrogen-bond donors (Lipinski definition) is 2. The molecule has 1 unspecified atom stereocenters. The van der Waals surface area contributed by atoms with E-state index in [0.717, 1.165) is 6.42 Å². The molecule has 2 aromatic rings. The van der Waals surface area contributed by atoms with E-state index in [1.165, 1.54) is 16.0 Å². The number of hydrogen-bond acceptors (Lipinski definition) is 7. The van der Waals surface area contributed by atoms with Crippen molar-refractivity contribution in [3.05, 3.63) is 38.2 Å². The first-order chi connectivity index (χ1) is 9.99. The van der Waals surface area contributed by atoms with E-state index in [-0.39, 0.29) is 17.5 Å². The van der Waals surface area contributed by atoms with E-state index < -0.39 is 4.92 Å². The van der Waals surface area contributed by atoms with Gasteiger partial charge in [-0.25, -0.2) is 4.98 Å². The summed E-state index contributed by atoms with van der Waals surface area (Å²) < 4.78 is 0. The van der Waals surface area contributed by atoms with Crippen LogP contribution in [-0.4, -0.2) is 28.0 Å². The van der Waals surface area contributed by atoms with Gasteiger partial charge in [-0.15, -0.1) is 11.3 Å². The van der Waals surface area contributed by atoms with E-state index in [2.05, 4.69) is 39.7 Å². The second kappa shape index (κ2) is 6.49. The van der Waals surface area contributed by atoms with Crippen LogP contribution in [-0.2, 0) is 6.42 Å². The molecule has 2 aromatic heterocycles. The van der Waals surface area contributed by atoms with Crippen molar-refractivity contribution in [2.24, 2.45) is 0 Å². The highest BCUT2D eigenvalue weighted by Crippen LogP contribution is 2.24. The molecule has 0 aliphatic carbocycles. The zero-order valence-corrected chi connectivity index (χ0v) is 12.9. The Kier molecular flexibility index (Phi) is 4.69. The number of nitrogens with zero attached hydrogens (tertiary/aromatic N) is 3. The quantitative estimate of drug-likeness (QED) is 0.629. The standard InChI is InChI=1S/C13H17N5O2S/c1-8(6-10-5-4-9(2)21-10)16-12-11(18(19)20)7-15-13(14-3)17-12/h4-5,7-8H,6H2,1-3H3,(H2,14,15,16,17). The summed E-state index contributed by atoms with van der Waals surface area (Å²) in [4.78, 5) is 21.0. The molecule has 21 heavy (non-hydrogen) atoms. The molecule has 0 spiro atoms. The minimum atomic E-state index is -0.482. The molecule has 7 nitrogen and oxygen atoms in total. The lowest BCUT2D eigenvalue weighted by Gasteiger charge is -2.14. The summed E-state index contributed by atoms with van der Waals surface area (Å²) in [6.07, 6.45) is 2.00. The average Bonchev–Trinajstić information content (AvgIpc) is 2.83. The highest BCUT2D eigenvalue weighted by Gasteiger charge is 2.19. The van der Waals surface area contributed by atoms with Crippen LogP contribution in [0.3, 0.4) is 0 Å². The van der Waals surface area contributed by atoms with Gasteiger partial charge in [0.1, 0.15) is 6.20 Å². The van der Waals surface area contributed by atoms with Crippen molar-refractivity contribution < 1.29 is 4.92 Å². The smallest absolute Gasteiger partial charge is 0.329 e. The zero-order valence-electron chi connectivity index (χ0n) is 12.1. The van der Waals surface area contributed by atoms with Crippen molar-refractivity contribution in [2.75, 3.05) is 17.7 Å². The molecule has 0 aliphatic heterocycles. The molecule has 1 atom stereocenters. The molecule has 8 heteroatoms. The molecular weight excluding hydrogens is 290 g/mol. The average molecular weight is 307 g/mol. The number of rotatable bonds is 6. The summed E-state index contributed by atoms with van der Waals surface area (Å²) in [5.74, 6) is 0.586. The molecule has 2 rings (SSSR count). The van der Waals surface area contributed by atoms with Crippen molar-refractivity contribution in [3.8, 4) is 0 Å². The number of nitrogens with one attached hydrogen (secondary N) is 2. The fraction of sp³-hybridized carbons (Fsp3) is 0.385. The number of anilines is 2. The van der Waals surface area contributed by atoms with Crippen LogP contribution in [0.2, 0.25) is 0 Å². The molecule has 0 aromatic carbocycles. The Labute approximate surface area is 126 Å². The second-order valence-corrected chi connectivity index (χ2v) is 6.07. The predicted molar refractivity (Wildman–Crippen MR) is 84.1 cm³/mol. The van der Waals surface area contributed by atoms with Gasteiger partial charge in [0, 0.05) is 29.3 Å². The lowest BCUT2D eigenvalue weighted by molar-refractivity contribution is -0.384. The van der Waals surface area contributed by atoms with Crippen LogP contribution in [0.1, 0.15) is 16.7 Å². The maximum Gasteiger partial charge on any atom is 0.329 e. The molecule has 0 radical (unpaired) electrons. The monoisotopic (exact) mass is 307 g/mol. The van der Waals surface area contributed by atoms with E-state index in [1.54, 1.807) is 18.4 Å². The van der Waals surface area contributed by atoms with Gasteiger partial charge in [0.15, 0.2) is 0 Å². The zero-order chi connectivity index (χ0) is 15.4. The molecule has 2 heterocycles. The minimum absolute atomic E-state index is 0.0290. The Morgan fingerprint density at radius 2 is 2.24 bits per heavy atom. The molecule has 0 saturated carbocycles. The Bertz CT molecular complexity index is 643. The van der Waals surface area contributed by atoms with Crippen LogP contribution in [0.15, 0.2) is 18.3 Å². The van der Waals surface area contributed by atoms with Gasteiger partial charge in [0.2, 0.25) is 11.8 Å². The lowest BCUT2D eigenvalue weighted by Crippen LogP contribution is -2.19. The van der Waals surface area contributed by atoms with Crippen LogP contribution < -0.4 is 10.6 Å². The summed E-state index contributed by atoms with van der Waals surface area (Å²) in [6.45, 7) is 4.03. The Morgan fingerprint density at radius 3 is 2.81 bits per heavy atom. The molecule has 0 saturated heterocycles. The molecule has 0 amide bonds. The van der Waals surface area contributed by atoms with E-state index in [9.17, 15) is 10.1 Å². The highest BCUT2D eigenvalue weighted by molar-refractivity contribution is 7.11. The fourth-order valence-electron chi connectivity index (χ4n) is 1.92. The van der Waals surface area contributed by atoms with Crippen molar-refractivity contribution in [2.45, 2.75) is 26.3 Å².